The number of aromatic nitrogens is 2. The number of hydrogen-bond donors (Lipinski definition) is 3. The number of amides is 1. The fourth-order valence-corrected chi connectivity index (χ4v) is 2.41. The lowest BCUT2D eigenvalue weighted by Crippen LogP contribution is -2.05. The number of carbonyl (C=O) groups excluding carboxylic acids is 1. The molecule has 0 aliphatic rings. The van der Waals surface area contributed by atoms with Gasteiger partial charge >= 0.3 is 0 Å². The largest absolute Gasteiger partial charge is 0.494 e. The van der Waals surface area contributed by atoms with Crippen molar-refractivity contribution in [2.75, 3.05) is 22.6 Å². The molecule has 1 amide bonds. The highest BCUT2D eigenvalue weighted by Crippen LogP contribution is 2.21. The second-order valence-electron chi connectivity index (χ2n) is 5.73. The molecule has 0 bridgehead atoms. The summed E-state index contributed by atoms with van der Waals surface area (Å²) in [5.74, 6) is 1.86. The third kappa shape index (κ3) is 5.43. The van der Waals surface area contributed by atoms with E-state index < -0.39 is 0 Å². The maximum atomic E-state index is 11.1. The van der Waals surface area contributed by atoms with Gasteiger partial charge in [0.2, 0.25) is 11.9 Å². The van der Waals surface area contributed by atoms with Crippen LogP contribution in [0.2, 0.25) is 0 Å². The molecule has 0 saturated heterocycles. The Kier molecular flexibility index (Phi) is 5.84. The van der Waals surface area contributed by atoms with Gasteiger partial charge in [-0.15, -0.1) is 0 Å². The highest BCUT2D eigenvalue weighted by molar-refractivity contribution is 5.88. The van der Waals surface area contributed by atoms with E-state index in [1.807, 2.05) is 55.5 Å². The molecule has 7 nitrogen and oxygen atoms in total. The van der Waals surface area contributed by atoms with Crippen LogP contribution in [0.15, 0.2) is 60.8 Å². The molecule has 138 valence electrons. The van der Waals surface area contributed by atoms with Gasteiger partial charge in [0.25, 0.3) is 0 Å². The second-order valence-corrected chi connectivity index (χ2v) is 5.73. The topological polar surface area (TPSA) is 88.2 Å². The van der Waals surface area contributed by atoms with Gasteiger partial charge in [-0.2, -0.15) is 4.98 Å². The van der Waals surface area contributed by atoms with E-state index >= 15 is 0 Å². The van der Waals surface area contributed by atoms with Gasteiger partial charge in [0.15, 0.2) is 0 Å². The number of nitrogens with one attached hydrogen (secondary N) is 3. The molecule has 3 N–H and O–H groups in total. The van der Waals surface area contributed by atoms with Gasteiger partial charge in [-0.05, 0) is 61.5 Å². The summed E-state index contributed by atoms with van der Waals surface area (Å²) in [6.45, 7) is 4.06. The normalized spacial score (nSPS) is 10.1. The van der Waals surface area contributed by atoms with Crippen molar-refractivity contribution < 1.29 is 9.53 Å². The summed E-state index contributed by atoms with van der Waals surface area (Å²) in [6, 6.07) is 16.8. The Labute approximate surface area is 157 Å². The van der Waals surface area contributed by atoms with E-state index in [-0.39, 0.29) is 5.91 Å². The van der Waals surface area contributed by atoms with Gasteiger partial charge in [-0.1, -0.05) is 0 Å². The molecule has 0 aliphatic heterocycles. The average Bonchev–Trinajstić information content (AvgIpc) is 2.65. The number of carbonyl (C=O) groups is 1. The van der Waals surface area contributed by atoms with Crippen LogP contribution >= 0.6 is 0 Å². The van der Waals surface area contributed by atoms with Gasteiger partial charge in [-0.25, -0.2) is 4.98 Å². The van der Waals surface area contributed by atoms with Gasteiger partial charge in [0.1, 0.15) is 11.6 Å². The molecule has 0 atom stereocenters. The first kappa shape index (κ1) is 18.2. The Bertz CT molecular complexity index is 895. The monoisotopic (exact) mass is 363 g/mol. The van der Waals surface area contributed by atoms with E-state index in [0.717, 1.165) is 22.8 Å². The number of anilines is 5. The summed E-state index contributed by atoms with van der Waals surface area (Å²) in [5.41, 5.74) is 2.47. The van der Waals surface area contributed by atoms with Crippen molar-refractivity contribution in [1.82, 2.24) is 9.97 Å². The molecular weight excluding hydrogens is 342 g/mol. The van der Waals surface area contributed by atoms with Crippen molar-refractivity contribution >= 4 is 34.7 Å². The third-order valence-corrected chi connectivity index (χ3v) is 3.55. The minimum Gasteiger partial charge on any atom is -0.494 e. The highest BCUT2D eigenvalue weighted by Gasteiger charge is 2.02. The molecule has 0 radical (unpaired) electrons. The van der Waals surface area contributed by atoms with Crippen LogP contribution in [0.25, 0.3) is 0 Å². The van der Waals surface area contributed by atoms with Crippen molar-refractivity contribution in [3.63, 3.8) is 0 Å². The van der Waals surface area contributed by atoms with Crippen LogP contribution in [0.4, 0.5) is 28.8 Å². The summed E-state index contributed by atoms with van der Waals surface area (Å²) in [5, 5.41) is 9.11. The molecule has 1 aromatic heterocycles. The maximum absolute atomic E-state index is 11.1. The standard InChI is InChI=1S/C20H21N5O2/c1-3-27-18-10-8-17(9-11-18)24-20-21-13-12-19(25-20)23-16-6-4-15(5-7-16)22-14(2)26/h4-13H,3H2,1-2H3,(H,22,26)(H2,21,23,24,25). The fourth-order valence-electron chi connectivity index (χ4n) is 2.41. The first-order chi connectivity index (χ1) is 13.1. The predicted molar refractivity (Wildman–Crippen MR) is 107 cm³/mol. The van der Waals surface area contributed by atoms with E-state index in [2.05, 4.69) is 25.9 Å². The van der Waals surface area contributed by atoms with E-state index in [0.29, 0.717) is 18.4 Å². The van der Waals surface area contributed by atoms with Crippen LogP contribution in [-0.4, -0.2) is 22.5 Å². The summed E-state index contributed by atoms with van der Waals surface area (Å²) < 4.78 is 5.43. The van der Waals surface area contributed by atoms with E-state index in [9.17, 15) is 4.79 Å². The zero-order valence-electron chi connectivity index (χ0n) is 15.2. The minimum absolute atomic E-state index is 0.100. The van der Waals surface area contributed by atoms with Crippen molar-refractivity contribution in [2.24, 2.45) is 0 Å². The lowest BCUT2D eigenvalue weighted by molar-refractivity contribution is -0.114. The van der Waals surface area contributed by atoms with Crippen LogP contribution in [0.5, 0.6) is 5.75 Å². The zero-order chi connectivity index (χ0) is 19.1. The third-order valence-electron chi connectivity index (χ3n) is 3.55. The summed E-state index contributed by atoms with van der Waals surface area (Å²) in [7, 11) is 0. The number of rotatable bonds is 7. The van der Waals surface area contributed by atoms with Crippen LogP contribution in [0, 0.1) is 0 Å². The Balaban J connectivity index is 1.65. The van der Waals surface area contributed by atoms with E-state index in [1.54, 1.807) is 12.3 Å². The first-order valence-corrected chi connectivity index (χ1v) is 8.60. The van der Waals surface area contributed by atoms with Crippen LogP contribution < -0.4 is 20.7 Å². The lowest BCUT2D eigenvalue weighted by Gasteiger charge is -2.10. The molecule has 3 aromatic rings. The van der Waals surface area contributed by atoms with Gasteiger partial charge in [0, 0.05) is 30.2 Å². The smallest absolute Gasteiger partial charge is 0.229 e. The summed E-state index contributed by atoms with van der Waals surface area (Å²) in [6.07, 6.45) is 1.68. The van der Waals surface area contributed by atoms with E-state index in [1.165, 1.54) is 6.92 Å². The molecule has 3 rings (SSSR count). The first-order valence-electron chi connectivity index (χ1n) is 8.60. The molecule has 1 heterocycles. The Hall–Kier alpha value is -3.61. The number of hydrogen-bond acceptors (Lipinski definition) is 6. The maximum Gasteiger partial charge on any atom is 0.229 e. The average molecular weight is 363 g/mol. The number of nitrogens with zero attached hydrogens (tertiary/aromatic N) is 2. The van der Waals surface area contributed by atoms with Gasteiger partial charge < -0.3 is 20.7 Å². The molecule has 0 saturated carbocycles. The lowest BCUT2D eigenvalue weighted by atomic mass is 10.2. The van der Waals surface area contributed by atoms with Crippen LogP contribution in [-0.2, 0) is 4.79 Å². The molecule has 0 spiro atoms. The van der Waals surface area contributed by atoms with Crippen LogP contribution in [0.3, 0.4) is 0 Å². The molecule has 7 heteroatoms. The van der Waals surface area contributed by atoms with Crippen LogP contribution in [0.1, 0.15) is 13.8 Å². The molecule has 2 aromatic carbocycles. The fraction of sp³-hybridized carbons (Fsp3) is 0.150. The predicted octanol–water partition coefficient (Wildman–Crippen LogP) is 4.32. The van der Waals surface area contributed by atoms with Gasteiger partial charge in [-0.3, -0.25) is 4.79 Å². The molecule has 0 unspecified atom stereocenters. The van der Waals surface area contributed by atoms with E-state index in [4.69, 9.17) is 4.74 Å². The van der Waals surface area contributed by atoms with Crippen molar-refractivity contribution in [2.45, 2.75) is 13.8 Å². The molecule has 27 heavy (non-hydrogen) atoms. The van der Waals surface area contributed by atoms with Crippen molar-refractivity contribution in [1.29, 1.82) is 0 Å². The molecular formula is C20H21N5O2. The number of ether oxygens (including phenoxy) is 1. The van der Waals surface area contributed by atoms with Crippen molar-refractivity contribution in [3.05, 3.63) is 60.8 Å². The van der Waals surface area contributed by atoms with Crippen molar-refractivity contribution in [3.8, 4) is 5.75 Å². The number of benzene rings is 2. The summed E-state index contributed by atoms with van der Waals surface area (Å²) in [4.78, 5) is 19.8. The summed E-state index contributed by atoms with van der Waals surface area (Å²) >= 11 is 0. The Morgan fingerprint density at radius 3 is 2.22 bits per heavy atom. The molecule has 0 fully saturated rings. The quantitative estimate of drug-likeness (QED) is 0.579. The zero-order valence-corrected chi connectivity index (χ0v) is 15.2. The second kappa shape index (κ2) is 8.66. The van der Waals surface area contributed by atoms with Gasteiger partial charge in [0.05, 0.1) is 6.61 Å². The Morgan fingerprint density at radius 1 is 0.926 bits per heavy atom. The highest BCUT2D eigenvalue weighted by atomic mass is 16.5. The SMILES string of the molecule is CCOc1ccc(Nc2nccc(Nc3ccc(NC(C)=O)cc3)n2)cc1. The molecule has 0 aliphatic carbocycles. The Morgan fingerprint density at radius 2 is 1.56 bits per heavy atom. The minimum atomic E-state index is -0.100.